The van der Waals surface area contributed by atoms with E-state index in [0.29, 0.717) is 0 Å². The van der Waals surface area contributed by atoms with Crippen LogP contribution < -0.4 is 0 Å². The Kier molecular flexibility index (Phi) is 3.34. The third-order valence-electron chi connectivity index (χ3n) is 4.06. The van der Waals surface area contributed by atoms with E-state index < -0.39 is 0 Å². The number of benzene rings is 2. The van der Waals surface area contributed by atoms with Crippen molar-refractivity contribution in [3.05, 3.63) is 59.3 Å². The van der Waals surface area contributed by atoms with E-state index in [1.54, 1.807) is 0 Å². The van der Waals surface area contributed by atoms with Crippen molar-refractivity contribution in [2.24, 2.45) is 17.3 Å². The highest BCUT2D eigenvalue weighted by Gasteiger charge is 2.11. The van der Waals surface area contributed by atoms with Gasteiger partial charge in [0, 0.05) is 18.1 Å². The Hall–Kier alpha value is -2.42. The van der Waals surface area contributed by atoms with Crippen LogP contribution in [0.5, 0.6) is 0 Å². The minimum Gasteiger partial charge on any atom is -0.346 e. The fraction of sp³-hybridized carbons (Fsp3) is 0.222. The van der Waals surface area contributed by atoms with Gasteiger partial charge in [0.05, 0.1) is 11.2 Å². The van der Waals surface area contributed by atoms with Crippen molar-refractivity contribution in [1.29, 1.82) is 0 Å². The number of nitrogens with zero attached hydrogens (tertiary/aromatic N) is 3. The number of hydrogen-bond acceptors (Lipinski definition) is 2. The third kappa shape index (κ3) is 2.25. The zero-order valence-corrected chi connectivity index (χ0v) is 12.9. The van der Waals surface area contributed by atoms with Crippen LogP contribution in [0, 0.1) is 20.8 Å². The van der Waals surface area contributed by atoms with Crippen molar-refractivity contribution >= 4 is 22.3 Å². The SMILES string of the molecule is Cc1cccc(C)c1N=Nc1c(C)n(C)c2ccccc12. The van der Waals surface area contributed by atoms with Crippen LogP contribution in [0.15, 0.2) is 52.7 Å². The molecule has 3 rings (SSSR count). The Balaban J connectivity index is 2.14. The molecule has 106 valence electrons. The van der Waals surface area contributed by atoms with E-state index in [0.717, 1.165) is 33.6 Å². The van der Waals surface area contributed by atoms with E-state index in [1.807, 2.05) is 18.2 Å². The second-order valence-corrected chi connectivity index (χ2v) is 5.45. The maximum Gasteiger partial charge on any atom is 0.114 e. The minimum absolute atomic E-state index is 0.954. The number of fused-ring (bicyclic) bond motifs is 1. The largest absolute Gasteiger partial charge is 0.346 e. The van der Waals surface area contributed by atoms with Gasteiger partial charge in [0.25, 0.3) is 0 Å². The quantitative estimate of drug-likeness (QED) is 0.552. The van der Waals surface area contributed by atoms with Crippen LogP contribution in [0.25, 0.3) is 10.9 Å². The zero-order chi connectivity index (χ0) is 15.0. The van der Waals surface area contributed by atoms with Crippen molar-refractivity contribution in [3.8, 4) is 0 Å². The molecule has 0 N–H and O–H groups in total. The number of aryl methyl sites for hydroxylation is 3. The Morgan fingerprint density at radius 3 is 2.10 bits per heavy atom. The van der Waals surface area contributed by atoms with Crippen molar-refractivity contribution in [2.45, 2.75) is 20.8 Å². The van der Waals surface area contributed by atoms with Crippen LogP contribution in [0.2, 0.25) is 0 Å². The molecule has 0 atom stereocenters. The van der Waals surface area contributed by atoms with E-state index >= 15 is 0 Å². The third-order valence-corrected chi connectivity index (χ3v) is 4.06. The molecule has 0 fully saturated rings. The van der Waals surface area contributed by atoms with E-state index in [4.69, 9.17) is 0 Å². The highest BCUT2D eigenvalue weighted by Crippen LogP contribution is 2.34. The number of rotatable bonds is 2. The summed E-state index contributed by atoms with van der Waals surface area (Å²) in [4.78, 5) is 0. The first-order valence-corrected chi connectivity index (χ1v) is 7.11. The van der Waals surface area contributed by atoms with Gasteiger partial charge in [0.15, 0.2) is 0 Å². The molecule has 3 nitrogen and oxygen atoms in total. The van der Waals surface area contributed by atoms with Gasteiger partial charge in [0.1, 0.15) is 5.69 Å². The molecule has 1 heterocycles. The van der Waals surface area contributed by atoms with Gasteiger partial charge in [-0.15, -0.1) is 10.2 Å². The lowest BCUT2D eigenvalue weighted by Gasteiger charge is -2.02. The monoisotopic (exact) mass is 277 g/mol. The topological polar surface area (TPSA) is 29.6 Å². The first-order valence-electron chi connectivity index (χ1n) is 7.11. The summed E-state index contributed by atoms with van der Waals surface area (Å²) in [5.41, 5.74) is 6.53. The molecule has 0 radical (unpaired) electrons. The van der Waals surface area contributed by atoms with Crippen LogP contribution in [0.3, 0.4) is 0 Å². The second-order valence-electron chi connectivity index (χ2n) is 5.45. The molecule has 0 aliphatic rings. The summed E-state index contributed by atoms with van der Waals surface area (Å²) in [7, 11) is 2.07. The van der Waals surface area contributed by atoms with Crippen LogP contribution in [-0.4, -0.2) is 4.57 Å². The fourth-order valence-electron chi connectivity index (χ4n) is 2.69. The van der Waals surface area contributed by atoms with Crippen LogP contribution in [0.4, 0.5) is 11.4 Å². The second kappa shape index (κ2) is 5.17. The highest BCUT2D eigenvalue weighted by atomic mass is 15.1. The summed E-state index contributed by atoms with van der Waals surface area (Å²) in [6.07, 6.45) is 0. The number of hydrogen-bond donors (Lipinski definition) is 0. The summed E-state index contributed by atoms with van der Waals surface area (Å²) < 4.78 is 2.16. The first-order chi connectivity index (χ1) is 10.1. The van der Waals surface area contributed by atoms with Gasteiger partial charge >= 0.3 is 0 Å². The van der Waals surface area contributed by atoms with Gasteiger partial charge in [-0.3, -0.25) is 0 Å². The summed E-state index contributed by atoms with van der Waals surface area (Å²) in [5, 5.41) is 10.2. The molecule has 0 spiro atoms. The Morgan fingerprint density at radius 2 is 1.38 bits per heavy atom. The van der Waals surface area contributed by atoms with Gasteiger partial charge < -0.3 is 4.57 Å². The van der Waals surface area contributed by atoms with Gasteiger partial charge in [0.2, 0.25) is 0 Å². The van der Waals surface area contributed by atoms with E-state index in [-0.39, 0.29) is 0 Å². The first kappa shape index (κ1) is 13.6. The van der Waals surface area contributed by atoms with Gasteiger partial charge in [-0.05, 0) is 38.0 Å². The molecule has 3 aromatic rings. The lowest BCUT2D eigenvalue weighted by atomic mass is 10.1. The average Bonchev–Trinajstić information content (AvgIpc) is 2.72. The molecule has 0 bridgehead atoms. The molecule has 3 heteroatoms. The normalized spacial score (nSPS) is 11.6. The Bertz CT molecular complexity index is 821. The van der Waals surface area contributed by atoms with Crippen molar-refractivity contribution in [1.82, 2.24) is 4.57 Å². The summed E-state index contributed by atoms with van der Waals surface area (Å²) in [6.45, 7) is 6.22. The van der Waals surface area contributed by atoms with Gasteiger partial charge in [-0.1, -0.05) is 36.4 Å². The average molecular weight is 277 g/mol. The smallest absolute Gasteiger partial charge is 0.114 e. The molecule has 0 aliphatic carbocycles. The predicted molar refractivity (Wildman–Crippen MR) is 87.7 cm³/mol. The van der Waals surface area contributed by atoms with Gasteiger partial charge in [-0.2, -0.15) is 0 Å². The molecular weight excluding hydrogens is 258 g/mol. The summed E-state index contributed by atoms with van der Waals surface area (Å²) >= 11 is 0. The molecule has 0 unspecified atom stereocenters. The Labute approximate surface area is 124 Å². The molecule has 2 aromatic carbocycles. The van der Waals surface area contributed by atoms with Crippen LogP contribution >= 0.6 is 0 Å². The maximum atomic E-state index is 4.55. The number of azo groups is 1. The van der Waals surface area contributed by atoms with Gasteiger partial charge in [-0.25, -0.2) is 0 Å². The molecule has 0 saturated heterocycles. The molecule has 0 amide bonds. The molecule has 1 aromatic heterocycles. The highest BCUT2D eigenvalue weighted by molar-refractivity contribution is 5.93. The van der Waals surface area contributed by atoms with E-state index in [9.17, 15) is 0 Å². The predicted octanol–water partition coefficient (Wildman–Crippen LogP) is 5.52. The van der Waals surface area contributed by atoms with Crippen LogP contribution in [0.1, 0.15) is 16.8 Å². The Morgan fingerprint density at radius 1 is 0.762 bits per heavy atom. The lowest BCUT2D eigenvalue weighted by Crippen LogP contribution is -1.88. The van der Waals surface area contributed by atoms with Crippen molar-refractivity contribution < 1.29 is 0 Å². The summed E-state index contributed by atoms with van der Waals surface area (Å²) in [6, 6.07) is 14.5. The molecular formula is C18H19N3. The number of aromatic nitrogens is 1. The lowest BCUT2D eigenvalue weighted by molar-refractivity contribution is 0.915. The standard InChI is InChI=1S/C18H19N3/c1-12-8-7-9-13(2)17(12)19-20-18-14(3)21(4)16-11-6-5-10-15(16)18/h5-11H,1-4H3. The molecule has 0 aliphatic heterocycles. The van der Waals surface area contributed by atoms with Crippen molar-refractivity contribution in [2.75, 3.05) is 0 Å². The zero-order valence-electron chi connectivity index (χ0n) is 12.9. The number of para-hydroxylation sites is 1. The molecule has 0 saturated carbocycles. The van der Waals surface area contributed by atoms with Crippen LogP contribution in [-0.2, 0) is 7.05 Å². The fourth-order valence-corrected chi connectivity index (χ4v) is 2.69. The maximum absolute atomic E-state index is 4.55. The van der Waals surface area contributed by atoms with E-state index in [1.165, 1.54) is 5.52 Å². The van der Waals surface area contributed by atoms with E-state index in [2.05, 4.69) is 66.9 Å². The minimum atomic E-state index is 0.954. The molecule has 21 heavy (non-hydrogen) atoms. The van der Waals surface area contributed by atoms with Crippen molar-refractivity contribution in [3.63, 3.8) is 0 Å². The summed E-state index contributed by atoms with van der Waals surface area (Å²) in [5.74, 6) is 0.